The Morgan fingerprint density at radius 2 is 1.77 bits per heavy atom. The lowest BCUT2D eigenvalue weighted by Crippen LogP contribution is -2.16. The summed E-state index contributed by atoms with van der Waals surface area (Å²) in [5.41, 5.74) is 1.52. The molecule has 0 bridgehead atoms. The van der Waals surface area contributed by atoms with E-state index in [0.29, 0.717) is 16.5 Å². The van der Waals surface area contributed by atoms with Crippen molar-refractivity contribution in [3.63, 3.8) is 0 Å². The number of benzene rings is 1. The van der Waals surface area contributed by atoms with Gasteiger partial charge in [-0.25, -0.2) is 0 Å². The first kappa shape index (κ1) is 16.8. The summed E-state index contributed by atoms with van der Waals surface area (Å²) in [6.45, 7) is 0. The van der Waals surface area contributed by atoms with Crippen LogP contribution in [0.2, 0.25) is 5.02 Å². The monoisotopic (exact) mass is 324 g/mol. The van der Waals surface area contributed by atoms with Crippen LogP contribution in [0.4, 0.5) is 0 Å². The fraction of sp³-hybridized carbons (Fsp3) is 0.529. The second kappa shape index (κ2) is 7.63. The second-order valence-corrected chi connectivity index (χ2v) is 6.37. The lowest BCUT2D eigenvalue weighted by atomic mass is 9.88. The summed E-state index contributed by atoms with van der Waals surface area (Å²) in [6, 6.07) is 5.22. The van der Waals surface area contributed by atoms with Gasteiger partial charge in [0.25, 0.3) is 0 Å². The van der Waals surface area contributed by atoms with E-state index in [2.05, 4.69) is 0 Å². The van der Waals surface area contributed by atoms with Crippen LogP contribution < -0.4 is 0 Å². The van der Waals surface area contributed by atoms with Crippen molar-refractivity contribution in [1.82, 2.24) is 0 Å². The average Bonchev–Trinajstić information content (AvgIpc) is 2.73. The lowest BCUT2D eigenvalue weighted by molar-refractivity contribution is -0.145. The number of carboxylic acids is 2. The molecule has 0 aromatic heterocycles. The summed E-state index contributed by atoms with van der Waals surface area (Å²) in [4.78, 5) is 22.1. The van der Waals surface area contributed by atoms with Gasteiger partial charge in [0.05, 0.1) is 12.3 Å². The summed E-state index contributed by atoms with van der Waals surface area (Å²) < 4.78 is 0. The van der Waals surface area contributed by atoms with E-state index in [1.54, 1.807) is 12.1 Å². The zero-order valence-electron chi connectivity index (χ0n) is 12.4. The van der Waals surface area contributed by atoms with Crippen LogP contribution >= 0.6 is 11.6 Å². The first-order valence-electron chi connectivity index (χ1n) is 7.73. The van der Waals surface area contributed by atoms with E-state index in [-0.39, 0.29) is 0 Å². The molecule has 0 aliphatic heterocycles. The molecule has 0 radical (unpaired) electrons. The fourth-order valence-corrected chi connectivity index (χ4v) is 3.55. The fourth-order valence-electron chi connectivity index (χ4n) is 3.20. The largest absolute Gasteiger partial charge is 0.481 e. The maximum absolute atomic E-state index is 11.3. The molecule has 22 heavy (non-hydrogen) atoms. The highest BCUT2D eigenvalue weighted by atomic mass is 35.5. The molecule has 2 rings (SSSR count). The molecule has 5 heteroatoms. The molecule has 4 nitrogen and oxygen atoms in total. The van der Waals surface area contributed by atoms with Crippen LogP contribution in [0.15, 0.2) is 18.2 Å². The number of hydrogen-bond donors (Lipinski definition) is 2. The van der Waals surface area contributed by atoms with Crippen molar-refractivity contribution in [2.24, 2.45) is 0 Å². The molecule has 0 saturated heterocycles. The predicted octanol–water partition coefficient (Wildman–Crippen LogP) is 4.42. The van der Waals surface area contributed by atoms with Crippen LogP contribution in [-0.4, -0.2) is 22.2 Å². The maximum atomic E-state index is 11.3. The Bertz CT molecular complexity index is 548. The van der Waals surface area contributed by atoms with Crippen molar-refractivity contribution in [3.8, 4) is 0 Å². The number of hydrogen-bond acceptors (Lipinski definition) is 2. The third-order valence-corrected chi connectivity index (χ3v) is 4.73. The van der Waals surface area contributed by atoms with Gasteiger partial charge in [0.2, 0.25) is 0 Å². The molecule has 0 amide bonds. The van der Waals surface area contributed by atoms with Crippen molar-refractivity contribution < 1.29 is 19.8 Å². The van der Waals surface area contributed by atoms with E-state index < -0.39 is 24.3 Å². The highest BCUT2D eigenvalue weighted by molar-refractivity contribution is 6.31. The second-order valence-electron chi connectivity index (χ2n) is 5.96. The van der Waals surface area contributed by atoms with Crippen LogP contribution in [0.3, 0.4) is 0 Å². The summed E-state index contributed by atoms with van der Waals surface area (Å²) in [7, 11) is 0. The van der Waals surface area contributed by atoms with Crippen molar-refractivity contribution in [2.75, 3.05) is 0 Å². The van der Waals surface area contributed by atoms with Crippen molar-refractivity contribution in [2.45, 2.75) is 56.8 Å². The quantitative estimate of drug-likeness (QED) is 0.786. The molecule has 1 aliphatic carbocycles. The number of carbonyl (C=O) groups is 2. The molecule has 1 saturated carbocycles. The van der Waals surface area contributed by atoms with Gasteiger partial charge in [0.1, 0.15) is 0 Å². The average molecular weight is 325 g/mol. The van der Waals surface area contributed by atoms with E-state index in [1.807, 2.05) is 6.07 Å². The Morgan fingerprint density at radius 1 is 1.14 bits per heavy atom. The van der Waals surface area contributed by atoms with E-state index >= 15 is 0 Å². The van der Waals surface area contributed by atoms with E-state index in [0.717, 1.165) is 18.4 Å². The van der Waals surface area contributed by atoms with E-state index in [1.165, 1.54) is 25.7 Å². The van der Waals surface area contributed by atoms with Gasteiger partial charge in [-0.3, -0.25) is 9.59 Å². The molecule has 120 valence electrons. The molecule has 2 N–H and O–H groups in total. The van der Waals surface area contributed by atoms with Crippen molar-refractivity contribution in [1.29, 1.82) is 0 Å². The minimum Gasteiger partial charge on any atom is -0.481 e. The highest BCUT2D eigenvalue weighted by Gasteiger charge is 2.25. The normalized spacial score (nSPS) is 17.7. The van der Waals surface area contributed by atoms with Gasteiger partial charge in [-0.2, -0.15) is 0 Å². The third-order valence-electron chi connectivity index (χ3n) is 4.40. The molecule has 1 aliphatic rings. The molecule has 0 heterocycles. The van der Waals surface area contributed by atoms with Gasteiger partial charge >= 0.3 is 11.9 Å². The number of aliphatic carboxylic acids is 2. The topological polar surface area (TPSA) is 74.6 Å². The van der Waals surface area contributed by atoms with Gasteiger partial charge in [-0.1, -0.05) is 49.4 Å². The molecule has 1 aromatic carbocycles. The summed E-state index contributed by atoms with van der Waals surface area (Å²) in [5.74, 6) is -2.90. The molecule has 1 aromatic rings. The lowest BCUT2D eigenvalue weighted by Gasteiger charge is -2.18. The van der Waals surface area contributed by atoms with Crippen LogP contribution in [0.1, 0.15) is 67.9 Å². The van der Waals surface area contributed by atoms with Crippen molar-refractivity contribution in [3.05, 3.63) is 34.3 Å². The maximum Gasteiger partial charge on any atom is 0.311 e. The molecule has 1 fully saturated rings. The smallest absolute Gasteiger partial charge is 0.311 e. The summed E-state index contributed by atoms with van der Waals surface area (Å²) in [6.07, 6.45) is 6.68. The van der Waals surface area contributed by atoms with Crippen LogP contribution in [0.5, 0.6) is 0 Å². The van der Waals surface area contributed by atoms with Gasteiger partial charge < -0.3 is 10.2 Å². The molecule has 1 unspecified atom stereocenters. The van der Waals surface area contributed by atoms with Crippen LogP contribution in [-0.2, 0) is 9.59 Å². The number of halogens is 1. The van der Waals surface area contributed by atoms with Gasteiger partial charge in [0.15, 0.2) is 0 Å². The summed E-state index contributed by atoms with van der Waals surface area (Å²) >= 11 is 6.36. The first-order chi connectivity index (χ1) is 10.5. The molecule has 0 spiro atoms. The zero-order chi connectivity index (χ0) is 16.1. The van der Waals surface area contributed by atoms with Crippen molar-refractivity contribution >= 4 is 23.5 Å². The van der Waals surface area contributed by atoms with Gasteiger partial charge in [0, 0.05) is 5.02 Å². The predicted molar refractivity (Wildman–Crippen MR) is 84.5 cm³/mol. The SMILES string of the molecule is O=C(O)CC(C(=O)O)c1ccc(C2CCCCCC2)c(Cl)c1. The highest BCUT2D eigenvalue weighted by Crippen LogP contribution is 2.37. The Kier molecular flexibility index (Phi) is 5.83. The van der Waals surface area contributed by atoms with Gasteiger partial charge in [-0.05, 0) is 36.0 Å². The number of carboxylic acid groups (broad SMARTS) is 2. The zero-order valence-corrected chi connectivity index (χ0v) is 13.2. The molecule has 1 atom stereocenters. The summed E-state index contributed by atoms with van der Waals surface area (Å²) in [5, 5.41) is 18.6. The van der Waals surface area contributed by atoms with E-state index in [4.69, 9.17) is 16.7 Å². The van der Waals surface area contributed by atoms with Crippen LogP contribution in [0, 0.1) is 0 Å². The molecular weight excluding hydrogens is 304 g/mol. The Morgan fingerprint density at radius 3 is 2.27 bits per heavy atom. The first-order valence-corrected chi connectivity index (χ1v) is 8.10. The van der Waals surface area contributed by atoms with E-state index in [9.17, 15) is 14.7 Å². The standard InChI is InChI=1S/C17H21ClO4/c18-15-9-12(14(17(21)22)10-16(19)20)7-8-13(15)11-5-3-1-2-4-6-11/h7-9,11,14H,1-6,10H2,(H,19,20)(H,21,22). The minimum atomic E-state index is -1.14. The minimum absolute atomic E-state index is 0.423. The van der Waals surface area contributed by atoms with Gasteiger partial charge in [-0.15, -0.1) is 0 Å². The Balaban J connectivity index is 2.23. The number of rotatable bonds is 5. The Labute approximate surface area is 135 Å². The Hall–Kier alpha value is -1.55. The molecular formula is C17H21ClO4. The van der Waals surface area contributed by atoms with Crippen LogP contribution in [0.25, 0.3) is 0 Å². The third kappa shape index (κ3) is 4.23.